The molecule has 2 N–H and O–H groups in total. The molecule has 1 aromatic carbocycles. The Kier molecular flexibility index (Phi) is 4.78. The number of halogens is 1. The Balaban J connectivity index is 1.84. The average Bonchev–Trinajstić information content (AvgIpc) is 2.81. The van der Waals surface area contributed by atoms with E-state index in [9.17, 15) is 4.79 Å². The zero-order valence-corrected chi connectivity index (χ0v) is 12.2. The number of rotatable bonds is 4. The van der Waals surface area contributed by atoms with E-state index in [0.717, 1.165) is 30.3 Å². The fourth-order valence-electron chi connectivity index (χ4n) is 2.32. The minimum absolute atomic E-state index is 0.00922. The van der Waals surface area contributed by atoms with Crippen molar-refractivity contribution >= 4 is 21.8 Å². The predicted octanol–water partition coefficient (Wildman–Crippen LogP) is 2.25. The highest BCUT2D eigenvalue weighted by molar-refractivity contribution is 9.10. The molecule has 4 heteroatoms. The number of hydrogen-bond donors (Lipinski definition) is 2. The van der Waals surface area contributed by atoms with E-state index in [1.807, 2.05) is 19.1 Å². The van der Waals surface area contributed by atoms with Crippen molar-refractivity contribution in [3.8, 4) is 0 Å². The normalized spacial score (nSPS) is 20.7. The van der Waals surface area contributed by atoms with Crippen LogP contribution in [0.4, 0.5) is 0 Å². The first-order valence-corrected chi connectivity index (χ1v) is 7.22. The van der Waals surface area contributed by atoms with Crippen molar-refractivity contribution in [3.05, 3.63) is 34.3 Å². The van der Waals surface area contributed by atoms with Crippen molar-refractivity contribution in [1.82, 2.24) is 10.6 Å². The fourth-order valence-corrected chi connectivity index (χ4v) is 2.77. The summed E-state index contributed by atoms with van der Waals surface area (Å²) in [6, 6.07) is 8.38. The van der Waals surface area contributed by atoms with Crippen LogP contribution in [0.2, 0.25) is 0 Å². The third kappa shape index (κ3) is 3.82. The first kappa shape index (κ1) is 13.6. The molecule has 1 amide bonds. The first-order valence-electron chi connectivity index (χ1n) is 6.43. The molecule has 18 heavy (non-hydrogen) atoms. The second kappa shape index (κ2) is 6.34. The van der Waals surface area contributed by atoms with Gasteiger partial charge in [0, 0.05) is 10.5 Å². The number of benzene rings is 1. The Morgan fingerprint density at radius 2 is 2.44 bits per heavy atom. The Morgan fingerprint density at radius 1 is 1.61 bits per heavy atom. The lowest BCUT2D eigenvalue weighted by Crippen LogP contribution is -2.44. The van der Waals surface area contributed by atoms with Gasteiger partial charge in [0.15, 0.2) is 0 Å². The molecule has 98 valence electrons. The standard InChI is InChI=1S/C14H19BrN2O/c1-10(8-11-4-2-5-12(15)9-11)17-14(18)13-6-3-7-16-13/h2,4-5,9-10,13,16H,3,6-8H2,1H3,(H,17,18). The Morgan fingerprint density at radius 3 is 3.11 bits per heavy atom. The molecule has 0 saturated carbocycles. The maximum absolute atomic E-state index is 11.9. The van der Waals surface area contributed by atoms with E-state index >= 15 is 0 Å². The van der Waals surface area contributed by atoms with Crippen molar-refractivity contribution in [2.24, 2.45) is 0 Å². The highest BCUT2D eigenvalue weighted by Crippen LogP contribution is 2.13. The third-order valence-electron chi connectivity index (χ3n) is 3.20. The molecule has 1 heterocycles. The topological polar surface area (TPSA) is 41.1 Å². The summed E-state index contributed by atoms with van der Waals surface area (Å²) < 4.78 is 1.08. The highest BCUT2D eigenvalue weighted by Gasteiger charge is 2.22. The van der Waals surface area contributed by atoms with Gasteiger partial charge < -0.3 is 10.6 Å². The second-order valence-electron chi connectivity index (χ2n) is 4.89. The van der Waals surface area contributed by atoms with Gasteiger partial charge in [0.2, 0.25) is 5.91 Å². The van der Waals surface area contributed by atoms with Crippen molar-refractivity contribution in [1.29, 1.82) is 0 Å². The molecular weight excluding hydrogens is 292 g/mol. The van der Waals surface area contributed by atoms with Crippen LogP contribution in [0.25, 0.3) is 0 Å². The Labute approximate surface area is 116 Å². The Bertz CT molecular complexity index is 416. The molecule has 1 aliphatic rings. The summed E-state index contributed by atoms with van der Waals surface area (Å²) in [5.41, 5.74) is 1.23. The van der Waals surface area contributed by atoms with Gasteiger partial charge in [-0.25, -0.2) is 0 Å². The molecule has 2 atom stereocenters. The number of carbonyl (C=O) groups excluding carboxylic acids is 1. The highest BCUT2D eigenvalue weighted by atomic mass is 79.9. The van der Waals surface area contributed by atoms with Gasteiger partial charge in [-0.3, -0.25) is 4.79 Å². The van der Waals surface area contributed by atoms with E-state index in [2.05, 4.69) is 38.7 Å². The monoisotopic (exact) mass is 310 g/mol. The van der Waals surface area contributed by atoms with Gasteiger partial charge in [-0.15, -0.1) is 0 Å². The summed E-state index contributed by atoms with van der Waals surface area (Å²) in [6.45, 7) is 3.01. The summed E-state index contributed by atoms with van der Waals surface area (Å²) in [6.07, 6.45) is 2.91. The van der Waals surface area contributed by atoms with Crippen molar-refractivity contribution in [2.45, 2.75) is 38.3 Å². The lowest BCUT2D eigenvalue weighted by molar-refractivity contribution is -0.123. The van der Waals surface area contributed by atoms with Crippen molar-refractivity contribution in [3.63, 3.8) is 0 Å². The van der Waals surface area contributed by atoms with Crippen molar-refractivity contribution in [2.75, 3.05) is 6.54 Å². The lowest BCUT2D eigenvalue weighted by atomic mass is 10.1. The van der Waals surface area contributed by atoms with Gasteiger partial charge in [-0.2, -0.15) is 0 Å². The molecule has 0 radical (unpaired) electrons. The van der Waals surface area contributed by atoms with E-state index in [4.69, 9.17) is 0 Å². The molecule has 3 nitrogen and oxygen atoms in total. The number of nitrogens with one attached hydrogen (secondary N) is 2. The SMILES string of the molecule is CC(Cc1cccc(Br)c1)NC(=O)C1CCCN1. The number of amides is 1. The average molecular weight is 311 g/mol. The summed E-state index contributed by atoms with van der Waals surface area (Å²) in [5.74, 6) is 0.134. The molecule has 1 aromatic rings. The smallest absolute Gasteiger partial charge is 0.237 e. The summed E-state index contributed by atoms with van der Waals surface area (Å²) in [7, 11) is 0. The molecule has 1 aliphatic heterocycles. The number of hydrogen-bond acceptors (Lipinski definition) is 2. The third-order valence-corrected chi connectivity index (χ3v) is 3.69. The number of carbonyl (C=O) groups is 1. The lowest BCUT2D eigenvalue weighted by Gasteiger charge is -2.17. The van der Waals surface area contributed by atoms with Crippen LogP contribution in [-0.4, -0.2) is 24.5 Å². The fraction of sp³-hybridized carbons (Fsp3) is 0.500. The molecule has 0 bridgehead atoms. The van der Waals surface area contributed by atoms with E-state index in [-0.39, 0.29) is 18.0 Å². The van der Waals surface area contributed by atoms with E-state index in [0.29, 0.717) is 0 Å². The maximum Gasteiger partial charge on any atom is 0.237 e. The minimum Gasteiger partial charge on any atom is -0.352 e. The molecule has 0 aromatic heterocycles. The van der Waals surface area contributed by atoms with Gasteiger partial charge in [0.05, 0.1) is 6.04 Å². The van der Waals surface area contributed by atoms with E-state index < -0.39 is 0 Å². The van der Waals surface area contributed by atoms with Crippen LogP contribution in [0.3, 0.4) is 0 Å². The quantitative estimate of drug-likeness (QED) is 0.895. The summed E-state index contributed by atoms with van der Waals surface area (Å²) in [5, 5.41) is 6.29. The van der Waals surface area contributed by atoms with Crippen LogP contribution in [0.5, 0.6) is 0 Å². The van der Waals surface area contributed by atoms with Crippen LogP contribution in [0.15, 0.2) is 28.7 Å². The van der Waals surface area contributed by atoms with Crippen molar-refractivity contribution < 1.29 is 4.79 Å². The maximum atomic E-state index is 11.9. The zero-order chi connectivity index (χ0) is 13.0. The Hall–Kier alpha value is -0.870. The van der Waals surface area contributed by atoms with Gasteiger partial charge in [-0.1, -0.05) is 28.1 Å². The van der Waals surface area contributed by atoms with Crippen LogP contribution in [0.1, 0.15) is 25.3 Å². The summed E-state index contributed by atoms with van der Waals surface area (Å²) in [4.78, 5) is 11.9. The van der Waals surface area contributed by atoms with E-state index in [1.54, 1.807) is 0 Å². The minimum atomic E-state index is 0.00922. The molecule has 1 fully saturated rings. The zero-order valence-electron chi connectivity index (χ0n) is 10.6. The second-order valence-corrected chi connectivity index (χ2v) is 5.81. The molecule has 1 saturated heterocycles. The van der Waals surface area contributed by atoms with E-state index in [1.165, 1.54) is 5.56 Å². The first-order chi connectivity index (χ1) is 8.65. The van der Waals surface area contributed by atoms with Gasteiger partial charge in [0.25, 0.3) is 0 Å². The van der Waals surface area contributed by atoms with Crippen LogP contribution in [0, 0.1) is 0 Å². The van der Waals surface area contributed by atoms with Crippen LogP contribution >= 0.6 is 15.9 Å². The molecular formula is C14H19BrN2O. The molecule has 2 rings (SSSR count). The van der Waals surface area contributed by atoms with Gasteiger partial charge >= 0.3 is 0 Å². The molecule has 2 unspecified atom stereocenters. The largest absolute Gasteiger partial charge is 0.352 e. The van der Waals surface area contributed by atoms with Crippen LogP contribution < -0.4 is 10.6 Å². The molecule has 0 aliphatic carbocycles. The molecule has 0 spiro atoms. The van der Waals surface area contributed by atoms with Gasteiger partial charge in [0.1, 0.15) is 0 Å². The summed E-state index contributed by atoms with van der Waals surface area (Å²) >= 11 is 3.46. The van der Waals surface area contributed by atoms with Gasteiger partial charge in [-0.05, 0) is 50.4 Å². The van der Waals surface area contributed by atoms with Crippen LogP contribution in [-0.2, 0) is 11.2 Å². The predicted molar refractivity (Wildman–Crippen MR) is 76.5 cm³/mol.